The molecule has 2 amide bonds. The predicted octanol–water partition coefficient (Wildman–Crippen LogP) is 0.182. The van der Waals surface area contributed by atoms with Gasteiger partial charge in [0.1, 0.15) is 5.69 Å². The second-order valence-corrected chi connectivity index (χ2v) is 4.59. The van der Waals surface area contributed by atoms with Gasteiger partial charge in [-0.05, 0) is 0 Å². The number of methoxy groups -OCH3 is 1. The van der Waals surface area contributed by atoms with Crippen molar-refractivity contribution in [1.82, 2.24) is 9.88 Å². The van der Waals surface area contributed by atoms with Crippen LogP contribution < -0.4 is 5.32 Å². The molecule has 0 fully saturated rings. The topological polar surface area (TPSA) is 91.8 Å². The Kier molecular flexibility index (Phi) is 6.40. The summed E-state index contributed by atoms with van der Waals surface area (Å²) in [4.78, 5) is 28.5. The highest BCUT2D eigenvalue weighted by Gasteiger charge is 2.18. The van der Waals surface area contributed by atoms with Gasteiger partial charge in [0.05, 0.1) is 13.2 Å². The molecule has 0 spiro atoms. The van der Waals surface area contributed by atoms with Crippen LogP contribution in [0.3, 0.4) is 0 Å². The van der Waals surface area contributed by atoms with Crippen LogP contribution in [0.1, 0.15) is 17.4 Å². The van der Waals surface area contributed by atoms with Crippen molar-refractivity contribution in [2.75, 3.05) is 38.7 Å². The zero-order valence-corrected chi connectivity index (χ0v) is 11.7. The van der Waals surface area contributed by atoms with Crippen LogP contribution in [0.5, 0.6) is 0 Å². The molecule has 19 heavy (non-hydrogen) atoms. The van der Waals surface area contributed by atoms with E-state index in [4.69, 9.17) is 9.84 Å². The lowest BCUT2D eigenvalue weighted by atomic mass is 10.4. The number of nitrogens with zero attached hydrogens (tertiary/aromatic N) is 2. The van der Waals surface area contributed by atoms with Crippen molar-refractivity contribution < 1.29 is 19.4 Å². The zero-order valence-electron chi connectivity index (χ0n) is 10.9. The first-order chi connectivity index (χ1) is 9.08. The predicted molar refractivity (Wildman–Crippen MR) is 71.3 cm³/mol. The molecule has 0 radical (unpaired) electrons. The summed E-state index contributed by atoms with van der Waals surface area (Å²) >= 11 is 1.18. The van der Waals surface area contributed by atoms with Gasteiger partial charge in [0.25, 0.3) is 5.91 Å². The molecule has 1 aromatic heterocycles. The molecule has 0 unspecified atom stereocenters. The van der Waals surface area contributed by atoms with E-state index < -0.39 is 0 Å². The van der Waals surface area contributed by atoms with Gasteiger partial charge in [-0.15, -0.1) is 11.3 Å². The number of carbonyl (C=O) groups excluding carboxylic acids is 2. The molecule has 1 rings (SSSR count). The summed E-state index contributed by atoms with van der Waals surface area (Å²) in [7, 11) is 1.54. The average Bonchev–Trinajstić information content (AvgIpc) is 2.81. The molecule has 7 nitrogen and oxygen atoms in total. The number of carbonyl (C=O) groups is 2. The average molecular weight is 287 g/mol. The number of amides is 2. The van der Waals surface area contributed by atoms with E-state index in [0.717, 1.165) is 0 Å². The van der Waals surface area contributed by atoms with Crippen molar-refractivity contribution >= 4 is 28.3 Å². The van der Waals surface area contributed by atoms with Crippen LogP contribution in [0.15, 0.2) is 5.38 Å². The maximum Gasteiger partial charge on any atom is 0.273 e. The summed E-state index contributed by atoms with van der Waals surface area (Å²) in [6.07, 6.45) is 0. The van der Waals surface area contributed by atoms with E-state index in [-0.39, 0.29) is 30.7 Å². The van der Waals surface area contributed by atoms with Gasteiger partial charge in [0, 0.05) is 32.5 Å². The number of anilines is 1. The van der Waals surface area contributed by atoms with Crippen molar-refractivity contribution in [3.05, 3.63) is 11.1 Å². The summed E-state index contributed by atoms with van der Waals surface area (Å²) in [5.74, 6) is -0.529. The second-order valence-electron chi connectivity index (χ2n) is 3.73. The molecule has 2 N–H and O–H groups in total. The van der Waals surface area contributed by atoms with Gasteiger partial charge < -0.3 is 20.1 Å². The number of rotatable bonds is 7. The van der Waals surface area contributed by atoms with Gasteiger partial charge >= 0.3 is 0 Å². The number of thiazole rings is 1. The third-order valence-electron chi connectivity index (χ3n) is 2.23. The molecule has 1 aromatic rings. The summed E-state index contributed by atoms with van der Waals surface area (Å²) in [5.41, 5.74) is 0.248. The highest BCUT2D eigenvalue weighted by molar-refractivity contribution is 7.14. The van der Waals surface area contributed by atoms with Crippen molar-refractivity contribution in [3.8, 4) is 0 Å². The standard InChI is InChI=1S/C11H17N3O4S/c1-8(16)12-11-13-9(7-19-11)10(17)14(3-5-15)4-6-18-2/h7,15H,3-6H2,1-2H3,(H,12,13,16). The van der Waals surface area contributed by atoms with Gasteiger partial charge in [0.15, 0.2) is 5.13 Å². The van der Waals surface area contributed by atoms with Gasteiger partial charge in [-0.2, -0.15) is 0 Å². The van der Waals surface area contributed by atoms with Crippen LogP contribution in [0.25, 0.3) is 0 Å². The number of nitrogens with one attached hydrogen (secondary N) is 1. The van der Waals surface area contributed by atoms with Crippen LogP contribution in [0.2, 0.25) is 0 Å². The highest BCUT2D eigenvalue weighted by atomic mass is 32.1. The maximum atomic E-state index is 12.1. The Hall–Kier alpha value is -1.51. The number of aromatic nitrogens is 1. The molecular weight excluding hydrogens is 270 g/mol. The number of hydrogen-bond acceptors (Lipinski definition) is 6. The Balaban J connectivity index is 2.72. The molecule has 0 bridgehead atoms. The van der Waals surface area contributed by atoms with Crippen molar-refractivity contribution in [2.24, 2.45) is 0 Å². The van der Waals surface area contributed by atoms with Gasteiger partial charge in [-0.1, -0.05) is 0 Å². The van der Waals surface area contributed by atoms with Crippen LogP contribution in [-0.2, 0) is 9.53 Å². The van der Waals surface area contributed by atoms with Crippen molar-refractivity contribution in [1.29, 1.82) is 0 Å². The lowest BCUT2D eigenvalue weighted by molar-refractivity contribution is -0.114. The molecule has 0 atom stereocenters. The fourth-order valence-electron chi connectivity index (χ4n) is 1.38. The summed E-state index contributed by atoms with van der Waals surface area (Å²) in [6.45, 7) is 2.23. The summed E-state index contributed by atoms with van der Waals surface area (Å²) in [6, 6.07) is 0. The fourth-order valence-corrected chi connectivity index (χ4v) is 2.11. The van der Waals surface area contributed by atoms with Gasteiger partial charge in [-0.3, -0.25) is 9.59 Å². The van der Waals surface area contributed by atoms with E-state index in [1.165, 1.54) is 23.2 Å². The Bertz CT molecular complexity index is 435. The first kappa shape index (κ1) is 15.5. The zero-order chi connectivity index (χ0) is 14.3. The van der Waals surface area contributed by atoms with E-state index in [1.807, 2.05) is 0 Å². The normalized spacial score (nSPS) is 10.3. The highest BCUT2D eigenvalue weighted by Crippen LogP contribution is 2.16. The second kappa shape index (κ2) is 7.82. The number of aliphatic hydroxyl groups is 1. The minimum atomic E-state index is -0.293. The molecule has 8 heteroatoms. The van der Waals surface area contributed by atoms with E-state index in [1.54, 1.807) is 12.5 Å². The fraction of sp³-hybridized carbons (Fsp3) is 0.545. The molecule has 106 valence electrons. The maximum absolute atomic E-state index is 12.1. The molecule has 0 saturated carbocycles. The minimum Gasteiger partial charge on any atom is -0.395 e. The number of ether oxygens (including phenoxy) is 1. The molecule has 0 aliphatic heterocycles. The number of hydrogen-bond donors (Lipinski definition) is 2. The lowest BCUT2D eigenvalue weighted by Gasteiger charge is -2.20. The van der Waals surface area contributed by atoms with Crippen LogP contribution in [0, 0.1) is 0 Å². The molecule has 0 aliphatic carbocycles. The van der Waals surface area contributed by atoms with Gasteiger partial charge in [0.2, 0.25) is 5.91 Å². The minimum absolute atomic E-state index is 0.127. The first-order valence-electron chi connectivity index (χ1n) is 5.70. The summed E-state index contributed by atoms with van der Waals surface area (Å²) < 4.78 is 4.91. The molecule has 1 heterocycles. The van der Waals surface area contributed by atoms with E-state index >= 15 is 0 Å². The Morgan fingerprint density at radius 1 is 1.53 bits per heavy atom. The lowest BCUT2D eigenvalue weighted by Crippen LogP contribution is -2.36. The van der Waals surface area contributed by atoms with E-state index in [9.17, 15) is 9.59 Å². The Morgan fingerprint density at radius 2 is 2.26 bits per heavy atom. The third kappa shape index (κ3) is 4.93. The quantitative estimate of drug-likeness (QED) is 0.746. The SMILES string of the molecule is COCCN(CCO)C(=O)c1csc(NC(C)=O)n1. The molecule has 0 saturated heterocycles. The van der Waals surface area contributed by atoms with Crippen molar-refractivity contribution in [2.45, 2.75) is 6.92 Å². The van der Waals surface area contributed by atoms with Crippen LogP contribution >= 0.6 is 11.3 Å². The van der Waals surface area contributed by atoms with Gasteiger partial charge in [-0.25, -0.2) is 4.98 Å². The van der Waals surface area contributed by atoms with E-state index in [2.05, 4.69) is 10.3 Å². The first-order valence-corrected chi connectivity index (χ1v) is 6.58. The largest absolute Gasteiger partial charge is 0.395 e. The van der Waals surface area contributed by atoms with Crippen LogP contribution in [0.4, 0.5) is 5.13 Å². The monoisotopic (exact) mass is 287 g/mol. The smallest absolute Gasteiger partial charge is 0.273 e. The molecule has 0 aromatic carbocycles. The third-order valence-corrected chi connectivity index (χ3v) is 2.99. The van der Waals surface area contributed by atoms with Crippen molar-refractivity contribution in [3.63, 3.8) is 0 Å². The Morgan fingerprint density at radius 3 is 2.84 bits per heavy atom. The Labute approximate surface area is 115 Å². The molecular formula is C11H17N3O4S. The number of aliphatic hydroxyl groups excluding tert-OH is 1. The molecule has 0 aliphatic rings. The van der Waals surface area contributed by atoms with Crippen LogP contribution in [-0.4, -0.2) is 60.2 Å². The van der Waals surface area contributed by atoms with E-state index in [0.29, 0.717) is 18.3 Å². The summed E-state index contributed by atoms with van der Waals surface area (Å²) in [5, 5.41) is 13.4.